The maximum Gasteiger partial charge on any atom is 0.131 e. The van der Waals surface area contributed by atoms with Crippen LogP contribution in [0.5, 0.6) is 5.75 Å². The first-order valence-corrected chi connectivity index (χ1v) is 6.95. The lowest BCUT2D eigenvalue weighted by Gasteiger charge is -2.13. The molecule has 5 heteroatoms. The van der Waals surface area contributed by atoms with Crippen molar-refractivity contribution in [3.05, 3.63) is 44.8 Å². The molecular weight excluding hydrogens is 300 g/mol. The molecule has 2 rings (SSSR count). The number of ether oxygens (including phenoxy) is 1. The average molecular weight is 313 g/mol. The van der Waals surface area contributed by atoms with E-state index in [2.05, 4.69) is 20.9 Å². The molecule has 3 nitrogen and oxygen atoms in total. The van der Waals surface area contributed by atoms with Gasteiger partial charge in [0, 0.05) is 21.5 Å². The van der Waals surface area contributed by atoms with E-state index in [1.165, 1.54) is 0 Å². The Morgan fingerprint density at radius 1 is 1.53 bits per heavy atom. The van der Waals surface area contributed by atoms with Crippen molar-refractivity contribution in [1.29, 1.82) is 0 Å². The van der Waals surface area contributed by atoms with Crippen molar-refractivity contribution in [1.82, 2.24) is 4.98 Å². The van der Waals surface area contributed by atoms with Crippen LogP contribution in [0.1, 0.15) is 24.2 Å². The number of nitrogens with two attached hydrogens (primary N) is 1. The highest BCUT2D eigenvalue weighted by Crippen LogP contribution is 2.28. The van der Waals surface area contributed by atoms with Crippen LogP contribution in [-0.4, -0.2) is 4.98 Å². The monoisotopic (exact) mass is 312 g/mol. The van der Waals surface area contributed by atoms with Gasteiger partial charge < -0.3 is 10.5 Å². The first-order chi connectivity index (χ1) is 8.16. The van der Waals surface area contributed by atoms with Crippen LogP contribution in [0.3, 0.4) is 0 Å². The summed E-state index contributed by atoms with van der Waals surface area (Å²) in [5.41, 5.74) is 9.64. The van der Waals surface area contributed by atoms with Crippen molar-refractivity contribution in [3.8, 4) is 5.75 Å². The summed E-state index contributed by atoms with van der Waals surface area (Å²) < 4.78 is 6.74. The van der Waals surface area contributed by atoms with Gasteiger partial charge in [-0.05, 0) is 19.1 Å². The van der Waals surface area contributed by atoms with Crippen LogP contribution in [0.4, 0.5) is 0 Å². The predicted molar refractivity (Wildman–Crippen MR) is 73.2 cm³/mol. The fraction of sp³-hybridized carbons (Fsp3) is 0.250. The third-order valence-corrected chi connectivity index (χ3v) is 3.45. The molecule has 2 aromatic rings. The van der Waals surface area contributed by atoms with Gasteiger partial charge >= 0.3 is 0 Å². The zero-order valence-corrected chi connectivity index (χ0v) is 11.8. The van der Waals surface area contributed by atoms with Gasteiger partial charge in [-0.3, -0.25) is 0 Å². The highest BCUT2D eigenvalue weighted by molar-refractivity contribution is 9.10. The molecule has 90 valence electrons. The van der Waals surface area contributed by atoms with Crippen molar-refractivity contribution in [2.75, 3.05) is 0 Å². The lowest BCUT2D eigenvalue weighted by molar-refractivity contribution is 0.297. The van der Waals surface area contributed by atoms with Gasteiger partial charge in [-0.2, -0.15) is 0 Å². The van der Waals surface area contributed by atoms with Gasteiger partial charge in [0.25, 0.3) is 0 Å². The second-order valence-electron chi connectivity index (χ2n) is 3.74. The summed E-state index contributed by atoms with van der Waals surface area (Å²) in [5, 5.41) is 1.98. The third kappa shape index (κ3) is 3.28. The van der Waals surface area contributed by atoms with Crippen molar-refractivity contribution >= 4 is 27.3 Å². The summed E-state index contributed by atoms with van der Waals surface area (Å²) in [6, 6.07) is 5.83. The van der Waals surface area contributed by atoms with Gasteiger partial charge in [0.05, 0.1) is 11.2 Å². The zero-order valence-electron chi connectivity index (χ0n) is 9.39. The summed E-state index contributed by atoms with van der Waals surface area (Å²) >= 11 is 4.99. The Labute approximate surface area is 113 Å². The number of hydrogen-bond donors (Lipinski definition) is 1. The largest absolute Gasteiger partial charge is 0.487 e. The Bertz CT molecular complexity index is 485. The zero-order chi connectivity index (χ0) is 12.3. The molecule has 0 saturated heterocycles. The first kappa shape index (κ1) is 12.5. The van der Waals surface area contributed by atoms with Crippen LogP contribution in [0.2, 0.25) is 0 Å². The second kappa shape index (κ2) is 5.62. The Morgan fingerprint density at radius 2 is 2.35 bits per heavy atom. The molecule has 0 saturated carbocycles. The SMILES string of the molecule is CC(N)c1ccc(Br)cc1OCc1cscn1. The summed E-state index contributed by atoms with van der Waals surface area (Å²) in [5.74, 6) is 0.808. The maximum absolute atomic E-state index is 5.90. The number of benzene rings is 1. The second-order valence-corrected chi connectivity index (χ2v) is 5.37. The molecule has 1 aromatic carbocycles. The summed E-state index contributed by atoms with van der Waals surface area (Å²) in [6.07, 6.45) is 0. The van der Waals surface area contributed by atoms with E-state index < -0.39 is 0 Å². The molecule has 0 aliphatic rings. The van der Waals surface area contributed by atoms with E-state index in [9.17, 15) is 0 Å². The number of hydrogen-bond acceptors (Lipinski definition) is 4. The van der Waals surface area contributed by atoms with Crippen molar-refractivity contribution in [2.24, 2.45) is 5.73 Å². The molecule has 0 fully saturated rings. The predicted octanol–water partition coefficient (Wildman–Crippen LogP) is 3.50. The van der Waals surface area contributed by atoms with Gasteiger partial charge in [0.1, 0.15) is 12.4 Å². The molecule has 0 amide bonds. The van der Waals surface area contributed by atoms with E-state index in [1.807, 2.05) is 30.5 Å². The van der Waals surface area contributed by atoms with Gasteiger partial charge in [-0.1, -0.05) is 22.0 Å². The van der Waals surface area contributed by atoms with Gasteiger partial charge in [0.2, 0.25) is 0 Å². The third-order valence-electron chi connectivity index (χ3n) is 2.33. The Hall–Kier alpha value is -0.910. The van der Waals surface area contributed by atoms with E-state index in [1.54, 1.807) is 16.8 Å². The summed E-state index contributed by atoms with van der Waals surface area (Å²) in [4.78, 5) is 4.18. The fourth-order valence-corrected chi connectivity index (χ4v) is 2.35. The highest BCUT2D eigenvalue weighted by atomic mass is 79.9. The molecule has 0 spiro atoms. The average Bonchev–Trinajstić information content (AvgIpc) is 2.78. The van der Waals surface area contributed by atoms with Crippen LogP contribution < -0.4 is 10.5 Å². The van der Waals surface area contributed by atoms with Crippen molar-refractivity contribution in [3.63, 3.8) is 0 Å². The smallest absolute Gasteiger partial charge is 0.131 e. The topological polar surface area (TPSA) is 48.1 Å². The Kier molecular flexibility index (Phi) is 4.15. The van der Waals surface area contributed by atoms with E-state index in [0.717, 1.165) is 21.5 Å². The minimum Gasteiger partial charge on any atom is -0.487 e. The minimum absolute atomic E-state index is 0.0477. The van der Waals surface area contributed by atoms with Crippen LogP contribution in [0.15, 0.2) is 33.6 Å². The van der Waals surface area contributed by atoms with Crippen molar-refractivity contribution < 1.29 is 4.74 Å². The molecule has 1 unspecified atom stereocenters. The molecule has 0 aliphatic heterocycles. The molecule has 1 aromatic heterocycles. The van der Waals surface area contributed by atoms with Crippen LogP contribution in [-0.2, 0) is 6.61 Å². The quantitative estimate of drug-likeness (QED) is 0.940. The van der Waals surface area contributed by atoms with Crippen LogP contribution >= 0.6 is 27.3 Å². The van der Waals surface area contributed by atoms with Crippen LogP contribution in [0.25, 0.3) is 0 Å². The number of thiazole rings is 1. The molecule has 0 aliphatic carbocycles. The van der Waals surface area contributed by atoms with Crippen molar-refractivity contribution in [2.45, 2.75) is 19.6 Å². The lowest BCUT2D eigenvalue weighted by atomic mass is 10.1. The van der Waals surface area contributed by atoms with E-state index >= 15 is 0 Å². The minimum atomic E-state index is -0.0477. The number of aromatic nitrogens is 1. The van der Waals surface area contributed by atoms with E-state index in [4.69, 9.17) is 10.5 Å². The van der Waals surface area contributed by atoms with Crippen LogP contribution in [0, 0.1) is 0 Å². The molecular formula is C12H13BrN2OS. The standard InChI is InChI=1S/C12H13BrN2OS/c1-8(14)11-3-2-9(13)4-12(11)16-5-10-6-17-7-15-10/h2-4,6-8H,5,14H2,1H3. The highest BCUT2D eigenvalue weighted by Gasteiger charge is 2.09. The molecule has 0 bridgehead atoms. The van der Waals surface area contributed by atoms with Gasteiger partial charge in [-0.15, -0.1) is 11.3 Å². The number of halogens is 1. The molecule has 1 atom stereocenters. The first-order valence-electron chi connectivity index (χ1n) is 5.21. The maximum atomic E-state index is 5.90. The summed E-state index contributed by atoms with van der Waals surface area (Å²) in [6.45, 7) is 2.42. The van der Waals surface area contributed by atoms with E-state index in [0.29, 0.717) is 6.61 Å². The number of nitrogens with zero attached hydrogens (tertiary/aromatic N) is 1. The van der Waals surface area contributed by atoms with E-state index in [-0.39, 0.29) is 6.04 Å². The molecule has 2 N–H and O–H groups in total. The fourth-order valence-electron chi connectivity index (χ4n) is 1.47. The molecule has 17 heavy (non-hydrogen) atoms. The molecule has 0 radical (unpaired) electrons. The van der Waals surface area contributed by atoms with Gasteiger partial charge in [0.15, 0.2) is 0 Å². The normalized spacial score (nSPS) is 12.4. The molecule has 1 heterocycles. The number of rotatable bonds is 4. The lowest BCUT2D eigenvalue weighted by Crippen LogP contribution is -2.08. The van der Waals surface area contributed by atoms with Gasteiger partial charge in [-0.25, -0.2) is 4.98 Å². The Balaban J connectivity index is 2.16. The Morgan fingerprint density at radius 3 is 3.00 bits per heavy atom. The summed E-state index contributed by atoms with van der Waals surface area (Å²) in [7, 11) is 0.